The molecule has 0 atom stereocenters. The van der Waals surface area contributed by atoms with Gasteiger partial charge in [-0.3, -0.25) is 0 Å². The van der Waals surface area contributed by atoms with Crippen LogP contribution >= 0.6 is 36.4 Å². The summed E-state index contributed by atoms with van der Waals surface area (Å²) in [6, 6.07) is 6.06. The van der Waals surface area contributed by atoms with E-state index >= 15 is 0 Å². The van der Waals surface area contributed by atoms with Crippen molar-refractivity contribution in [3.8, 4) is 5.75 Å². The third-order valence-electron chi connectivity index (χ3n) is 3.20. The van der Waals surface area contributed by atoms with Gasteiger partial charge in [-0.15, -0.1) is 24.8 Å². The molecule has 0 heterocycles. The molecule has 1 aromatic rings. The molecule has 0 unspecified atom stereocenters. The molecule has 21 heavy (non-hydrogen) atoms. The van der Waals surface area contributed by atoms with Crippen LogP contribution in [0.4, 0.5) is 0 Å². The van der Waals surface area contributed by atoms with Crippen molar-refractivity contribution in [3.63, 3.8) is 0 Å². The average molecular weight is 384 g/mol. The Morgan fingerprint density at radius 2 is 1.81 bits per heavy atom. The molecule has 1 aliphatic rings. The zero-order chi connectivity index (χ0) is 14.0. The Morgan fingerprint density at radius 3 is 2.33 bits per heavy atom. The maximum atomic E-state index is 6.19. The minimum absolute atomic E-state index is 0. The van der Waals surface area contributed by atoms with E-state index in [-0.39, 0.29) is 30.2 Å². The van der Waals surface area contributed by atoms with Gasteiger partial charge in [0.25, 0.3) is 0 Å². The monoisotopic (exact) mass is 382 g/mol. The van der Waals surface area contributed by atoms with Crippen molar-refractivity contribution in [2.45, 2.75) is 39.5 Å². The van der Waals surface area contributed by atoms with Crippen LogP contribution in [-0.4, -0.2) is 0 Å². The van der Waals surface area contributed by atoms with Gasteiger partial charge in [-0.05, 0) is 0 Å². The van der Waals surface area contributed by atoms with Crippen LogP contribution in [0.2, 0.25) is 5.02 Å². The summed E-state index contributed by atoms with van der Waals surface area (Å²) in [4.78, 5) is 0. The van der Waals surface area contributed by atoms with Crippen LogP contribution in [0.3, 0.4) is 0 Å². The molecule has 1 nitrogen and oxygen atoms in total. The summed E-state index contributed by atoms with van der Waals surface area (Å²) in [6.07, 6.45) is 5.44. The smallest absolute Gasteiger partial charge is 0.147 e. The van der Waals surface area contributed by atoms with Crippen molar-refractivity contribution in [3.05, 3.63) is 50.4 Å². The SMILES string of the molecule is CC1=[C]([Ti][O]c2cc(Cl)cc(C(C)(C)C)c2)CC=C1.Cl.Cl. The number of hydrogen-bond donors (Lipinski definition) is 0. The van der Waals surface area contributed by atoms with Gasteiger partial charge in [-0.2, -0.15) is 0 Å². The minimum Gasteiger partial charge on any atom is -0.147 e. The summed E-state index contributed by atoms with van der Waals surface area (Å²) in [5, 5.41) is 0.754. The molecule has 1 aromatic carbocycles. The van der Waals surface area contributed by atoms with E-state index in [1.54, 1.807) is 0 Å². The minimum atomic E-state index is -0.544. The fraction of sp³-hybridized carbons (Fsp3) is 0.375. The van der Waals surface area contributed by atoms with Gasteiger partial charge >= 0.3 is 130 Å². The van der Waals surface area contributed by atoms with Crippen LogP contribution in [-0.2, 0) is 25.0 Å². The van der Waals surface area contributed by atoms with Gasteiger partial charge in [0, 0.05) is 0 Å². The van der Waals surface area contributed by atoms with E-state index < -0.39 is 19.5 Å². The maximum Gasteiger partial charge on any atom is -0.147 e. The molecule has 0 fully saturated rings. The van der Waals surface area contributed by atoms with Crippen molar-refractivity contribution in [1.82, 2.24) is 0 Å². The number of hydrogen-bond acceptors (Lipinski definition) is 1. The number of benzene rings is 1. The zero-order valence-corrected chi connectivity index (χ0v) is 16.6. The molecule has 0 amide bonds. The first kappa shape index (κ1) is 21.1. The van der Waals surface area contributed by atoms with E-state index in [4.69, 9.17) is 14.9 Å². The average Bonchev–Trinajstić information content (AvgIpc) is 2.70. The third kappa shape index (κ3) is 6.00. The molecule has 0 radical (unpaired) electrons. The van der Waals surface area contributed by atoms with Crippen molar-refractivity contribution in [2.24, 2.45) is 0 Å². The van der Waals surface area contributed by atoms with Crippen LogP contribution in [0.5, 0.6) is 5.75 Å². The van der Waals surface area contributed by atoms with Gasteiger partial charge in [0.1, 0.15) is 0 Å². The largest absolute Gasteiger partial charge is 0.147 e. The summed E-state index contributed by atoms with van der Waals surface area (Å²) in [6.45, 7) is 8.72. The Hall–Kier alpha value is 0.0843. The first-order chi connectivity index (χ1) is 8.86. The second kappa shape index (κ2) is 8.65. The van der Waals surface area contributed by atoms with Crippen LogP contribution in [0.25, 0.3) is 0 Å². The molecule has 0 spiro atoms. The molecular formula is C16H21Cl3OTi. The van der Waals surface area contributed by atoms with Gasteiger partial charge in [-0.25, -0.2) is 0 Å². The Labute approximate surface area is 154 Å². The van der Waals surface area contributed by atoms with Gasteiger partial charge in [0.05, 0.1) is 0 Å². The normalized spacial score (nSPS) is 13.6. The molecule has 116 valence electrons. The summed E-state index contributed by atoms with van der Waals surface area (Å²) in [7, 11) is 0. The van der Waals surface area contributed by atoms with E-state index in [0.29, 0.717) is 0 Å². The van der Waals surface area contributed by atoms with E-state index in [1.807, 2.05) is 12.1 Å². The van der Waals surface area contributed by atoms with Gasteiger partial charge < -0.3 is 0 Å². The van der Waals surface area contributed by atoms with Crippen LogP contribution in [0, 0.1) is 0 Å². The zero-order valence-electron chi connectivity index (χ0n) is 12.7. The number of halogens is 3. The fourth-order valence-corrected chi connectivity index (χ4v) is 3.39. The molecular weight excluding hydrogens is 362 g/mol. The van der Waals surface area contributed by atoms with Gasteiger partial charge in [-0.1, -0.05) is 0 Å². The molecule has 0 saturated heterocycles. The molecule has 0 saturated carbocycles. The van der Waals surface area contributed by atoms with Crippen molar-refractivity contribution in [2.75, 3.05) is 0 Å². The summed E-state index contributed by atoms with van der Waals surface area (Å²) in [5.74, 6) is 0.907. The third-order valence-corrected chi connectivity index (χ3v) is 5.26. The Bertz CT molecular complexity index is 545. The predicted octanol–water partition coefficient (Wildman–Crippen LogP) is 6.09. The molecule has 0 aliphatic heterocycles. The fourth-order valence-electron chi connectivity index (χ4n) is 1.91. The molecule has 0 N–H and O–H groups in total. The van der Waals surface area contributed by atoms with E-state index in [0.717, 1.165) is 17.2 Å². The van der Waals surface area contributed by atoms with Gasteiger partial charge in [0.15, 0.2) is 0 Å². The molecule has 1 aliphatic carbocycles. The first-order valence-corrected chi connectivity index (χ1v) is 8.26. The van der Waals surface area contributed by atoms with E-state index in [9.17, 15) is 0 Å². The Kier molecular flexibility index (Phi) is 8.68. The predicted molar refractivity (Wildman–Crippen MR) is 91.7 cm³/mol. The molecule has 5 heteroatoms. The van der Waals surface area contributed by atoms with E-state index in [1.165, 1.54) is 15.0 Å². The second-order valence-corrected chi connectivity index (χ2v) is 7.91. The number of allylic oxidation sites excluding steroid dienone is 4. The van der Waals surface area contributed by atoms with Gasteiger partial charge in [0.2, 0.25) is 0 Å². The quantitative estimate of drug-likeness (QED) is 0.574. The Morgan fingerprint density at radius 1 is 1.14 bits per heavy atom. The summed E-state index contributed by atoms with van der Waals surface area (Å²) in [5.41, 5.74) is 2.68. The van der Waals surface area contributed by atoms with Crippen LogP contribution in [0.1, 0.15) is 39.7 Å². The molecule has 2 rings (SSSR count). The summed E-state index contributed by atoms with van der Waals surface area (Å²) < 4.78 is 7.49. The van der Waals surface area contributed by atoms with Crippen molar-refractivity contribution in [1.29, 1.82) is 0 Å². The number of rotatable bonds is 3. The molecule has 0 aromatic heterocycles. The molecule has 0 bridgehead atoms. The van der Waals surface area contributed by atoms with Crippen LogP contribution < -0.4 is 3.32 Å². The maximum absolute atomic E-state index is 6.19. The van der Waals surface area contributed by atoms with Crippen molar-refractivity contribution < 1.29 is 22.9 Å². The van der Waals surface area contributed by atoms with Crippen LogP contribution in [0.15, 0.2) is 39.8 Å². The standard InChI is InChI=1S/C10H13ClO.C6H7.2ClH.Ti/c1-10(2,3)7-4-8(11)6-9(12)5-7;1-6-4-2-3-5-6;;;/h4-6,12H,1-3H3;2,4H,3H2,1H3;2*1H;/q;;;;+1/p-1. The summed E-state index contributed by atoms with van der Waals surface area (Å²) >= 11 is 5.65. The van der Waals surface area contributed by atoms with Crippen molar-refractivity contribution >= 4 is 36.4 Å². The first-order valence-electron chi connectivity index (χ1n) is 6.46. The Balaban J connectivity index is 0.00000200. The van der Waals surface area contributed by atoms with E-state index in [2.05, 4.69) is 45.9 Å². The topological polar surface area (TPSA) is 9.23 Å². The second-order valence-electron chi connectivity index (χ2n) is 5.90.